The predicted octanol–water partition coefficient (Wildman–Crippen LogP) is 2.97. The maximum Gasteiger partial charge on any atom is 0.140 e. The SMILES string of the molecule is N/C(CCN(Cc1ccccc1F)c1ccccc1)=N\O. The zero-order valence-corrected chi connectivity index (χ0v) is 11.6. The number of hydrogen-bond donors (Lipinski definition) is 2. The average molecular weight is 287 g/mol. The molecule has 0 atom stereocenters. The number of para-hydroxylation sites is 1. The number of benzene rings is 2. The van der Waals surface area contributed by atoms with Crippen LogP contribution in [0.15, 0.2) is 59.8 Å². The first-order valence-corrected chi connectivity index (χ1v) is 6.70. The summed E-state index contributed by atoms with van der Waals surface area (Å²) in [4.78, 5) is 2.00. The molecule has 3 N–H and O–H groups in total. The smallest absolute Gasteiger partial charge is 0.140 e. The highest BCUT2D eigenvalue weighted by Crippen LogP contribution is 2.18. The summed E-state index contributed by atoms with van der Waals surface area (Å²) in [5.41, 5.74) is 7.10. The van der Waals surface area contributed by atoms with Crippen LogP contribution in [0.25, 0.3) is 0 Å². The van der Waals surface area contributed by atoms with Crippen LogP contribution < -0.4 is 10.6 Å². The molecule has 0 aliphatic heterocycles. The van der Waals surface area contributed by atoms with Crippen molar-refractivity contribution in [1.82, 2.24) is 0 Å². The largest absolute Gasteiger partial charge is 0.409 e. The Morgan fingerprint density at radius 1 is 1.10 bits per heavy atom. The fraction of sp³-hybridized carbons (Fsp3) is 0.188. The van der Waals surface area contributed by atoms with Gasteiger partial charge in [0.05, 0.1) is 0 Å². The predicted molar refractivity (Wildman–Crippen MR) is 81.9 cm³/mol. The van der Waals surface area contributed by atoms with Gasteiger partial charge in [-0.2, -0.15) is 0 Å². The second-order valence-corrected chi connectivity index (χ2v) is 4.69. The van der Waals surface area contributed by atoms with Crippen molar-refractivity contribution in [1.29, 1.82) is 0 Å². The lowest BCUT2D eigenvalue weighted by Crippen LogP contribution is -2.28. The lowest BCUT2D eigenvalue weighted by Gasteiger charge is -2.25. The Bertz CT molecular complexity index is 601. The number of halogens is 1. The summed E-state index contributed by atoms with van der Waals surface area (Å²) in [7, 11) is 0. The number of hydrogen-bond acceptors (Lipinski definition) is 3. The second-order valence-electron chi connectivity index (χ2n) is 4.69. The Hall–Kier alpha value is -2.56. The van der Waals surface area contributed by atoms with Gasteiger partial charge < -0.3 is 15.8 Å². The fourth-order valence-electron chi connectivity index (χ4n) is 2.07. The van der Waals surface area contributed by atoms with Crippen molar-refractivity contribution in [2.24, 2.45) is 10.9 Å². The van der Waals surface area contributed by atoms with Crippen LogP contribution >= 0.6 is 0 Å². The first kappa shape index (κ1) is 14.8. The molecule has 4 nitrogen and oxygen atoms in total. The molecular formula is C16H18FN3O. The lowest BCUT2D eigenvalue weighted by atomic mass is 10.1. The average Bonchev–Trinajstić information content (AvgIpc) is 2.53. The van der Waals surface area contributed by atoms with Gasteiger partial charge in [-0.05, 0) is 18.2 Å². The Morgan fingerprint density at radius 2 is 1.76 bits per heavy atom. The molecular weight excluding hydrogens is 269 g/mol. The zero-order valence-electron chi connectivity index (χ0n) is 11.6. The number of rotatable bonds is 6. The van der Waals surface area contributed by atoms with Crippen LogP contribution in [0.1, 0.15) is 12.0 Å². The quantitative estimate of drug-likeness (QED) is 0.371. The first-order valence-electron chi connectivity index (χ1n) is 6.70. The number of anilines is 1. The van der Waals surface area contributed by atoms with Gasteiger partial charge in [0.25, 0.3) is 0 Å². The van der Waals surface area contributed by atoms with Crippen molar-refractivity contribution >= 4 is 11.5 Å². The van der Waals surface area contributed by atoms with Crippen molar-refractivity contribution in [3.63, 3.8) is 0 Å². The zero-order chi connectivity index (χ0) is 15.1. The van der Waals surface area contributed by atoms with Crippen LogP contribution in [-0.4, -0.2) is 17.6 Å². The summed E-state index contributed by atoms with van der Waals surface area (Å²) in [5.74, 6) is -0.0771. The minimum Gasteiger partial charge on any atom is -0.409 e. The van der Waals surface area contributed by atoms with E-state index in [-0.39, 0.29) is 11.7 Å². The van der Waals surface area contributed by atoms with Crippen molar-refractivity contribution < 1.29 is 9.60 Å². The molecule has 21 heavy (non-hydrogen) atoms. The number of nitrogens with zero attached hydrogens (tertiary/aromatic N) is 2. The van der Waals surface area contributed by atoms with Gasteiger partial charge in [-0.1, -0.05) is 41.6 Å². The Kier molecular flexibility index (Phi) is 5.15. The third kappa shape index (κ3) is 4.21. The normalized spacial score (nSPS) is 11.4. The molecule has 0 aromatic heterocycles. The summed E-state index contributed by atoms with van der Waals surface area (Å²) in [6, 6.07) is 16.4. The first-order chi connectivity index (χ1) is 10.2. The van der Waals surface area contributed by atoms with Crippen molar-refractivity contribution in [2.75, 3.05) is 11.4 Å². The maximum absolute atomic E-state index is 13.8. The van der Waals surface area contributed by atoms with Crippen LogP contribution in [-0.2, 0) is 6.54 Å². The van der Waals surface area contributed by atoms with E-state index in [0.717, 1.165) is 5.69 Å². The van der Waals surface area contributed by atoms with Gasteiger partial charge in [0.15, 0.2) is 0 Å². The lowest BCUT2D eigenvalue weighted by molar-refractivity contribution is 0.317. The molecule has 5 heteroatoms. The molecule has 2 rings (SSSR count). The van der Waals surface area contributed by atoms with Gasteiger partial charge in [-0.3, -0.25) is 0 Å². The summed E-state index contributed by atoms with van der Waals surface area (Å²) in [5, 5.41) is 11.6. The molecule has 2 aromatic rings. The highest BCUT2D eigenvalue weighted by Gasteiger charge is 2.10. The highest BCUT2D eigenvalue weighted by atomic mass is 19.1. The topological polar surface area (TPSA) is 61.8 Å². The van der Waals surface area contributed by atoms with E-state index in [2.05, 4.69) is 5.16 Å². The summed E-state index contributed by atoms with van der Waals surface area (Å²) in [6.45, 7) is 0.962. The molecule has 0 aliphatic carbocycles. The summed E-state index contributed by atoms with van der Waals surface area (Å²) in [6.07, 6.45) is 0.403. The van der Waals surface area contributed by atoms with Crippen molar-refractivity contribution in [3.8, 4) is 0 Å². The van der Waals surface area contributed by atoms with Crippen molar-refractivity contribution in [2.45, 2.75) is 13.0 Å². The highest BCUT2D eigenvalue weighted by molar-refractivity contribution is 5.80. The maximum atomic E-state index is 13.8. The molecule has 110 valence electrons. The molecule has 0 radical (unpaired) electrons. The van der Waals surface area contributed by atoms with E-state index in [1.165, 1.54) is 6.07 Å². The number of oxime groups is 1. The van der Waals surface area contributed by atoms with E-state index < -0.39 is 0 Å². The van der Waals surface area contributed by atoms with Crippen LogP contribution in [0, 0.1) is 5.82 Å². The molecule has 0 saturated heterocycles. The Morgan fingerprint density at radius 3 is 2.43 bits per heavy atom. The monoisotopic (exact) mass is 287 g/mol. The minimum atomic E-state index is -0.234. The minimum absolute atomic E-state index is 0.157. The van der Waals surface area contributed by atoms with Gasteiger partial charge in [0.2, 0.25) is 0 Å². The number of amidine groups is 1. The Balaban J connectivity index is 2.18. The standard InChI is InChI=1S/C16H18FN3O/c17-15-9-5-4-6-13(15)12-20(11-10-16(18)19-21)14-7-2-1-3-8-14/h1-9,21H,10-12H2,(H2,18,19). The van der Waals surface area contributed by atoms with Gasteiger partial charge >= 0.3 is 0 Å². The van der Waals surface area contributed by atoms with Gasteiger partial charge in [0, 0.05) is 30.8 Å². The van der Waals surface area contributed by atoms with Gasteiger partial charge in [-0.15, -0.1) is 0 Å². The molecule has 0 aliphatic rings. The van der Waals surface area contributed by atoms with E-state index >= 15 is 0 Å². The third-order valence-corrected chi connectivity index (χ3v) is 3.21. The van der Waals surface area contributed by atoms with E-state index in [1.807, 2.05) is 41.3 Å². The van der Waals surface area contributed by atoms with Gasteiger partial charge in [0.1, 0.15) is 11.7 Å². The molecule has 0 fully saturated rings. The molecule has 0 unspecified atom stereocenters. The summed E-state index contributed by atoms with van der Waals surface area (Å²) >= 11 is 0. The Labute approximate surface area is 123 Å². The van der Waals surface area contributed by atoms with Crippen LogP contribution in [0.2, 0.25) is 0 Å². The van der Waals surface area contributed by atoms with E-state index in [0.29, 0.717) is 25.1 Å². The van der Waals surface area contributed by atoms with Crippen LogP contribution in [0.3, 0.4) is 0 Å². The van der Waals surface area contributed by atoms with Crippen molar-refractivity contribution in [3.05, 3.63) is 66.0 Å². The van der Waals surface area contributed by atoms with E-state index in [4.69, 9.17) is 10.9 Å². The molecule has 0 spiro atoms. The molecule has 0 saturated carbocycles. The van der Waals surface area contributed by atoms with E-state index in [1.54, 1.807) is 12.1 Å². The second kappa shape index (κ2) is 7.28. The number of nitrogens with two attached hydrogens (primary N) is 1. The molecule has 0 bridgehead atoms. The third-order valence-electron chi connectivity index (χ3n) is 3.21. The van der Waals surface area contributed by atoms with Gasteiger partial charge in [-0.25, -0.2) is 4.39 Å². The molecule has 0 amide bonds. The van der Waals surface area contributed by atoms with Crippen LogP contribution in [0.5, 0.6) is 0 Å². The fourth-order valence-corrected chi connectivity index (χ4v) is 2.07. The summed E-state index contributed by atoms with van der Waals surface area (Å²) < 4.78 is 13.8. The molecule has 2 aromatic carbocycles. The van der Waals surface area contributed by atoms with Crippen LogP contribution in [0.4, 0.5) is 10.1 Å². The molecule has 0 heterocycles. The van der Waals surface area contributed by atoms with E-state index in [9.17, 15) is 4.39 Å².